The van der Waals surface area contributed by atoms with E-state index in [1.54, 1.807) is 14.2 Å². The number of hydrogen-bond donors (Lipinski definition) is 2. The monoisotopic (exact) mass is 478 g/mol. The number of anilines is 1. The third-order valence-corrected chi connectivity index (χ3v) is 4.39. The highest BCUT2D eigenvalue weighted by atomic mass is 127. The van der Waals surface area contributed by atoms with Gasteiger partial charge in [-0.2, -0.15) is 0 Å². The molecule has 1 fully saturated rings. The first kappa shape index (κ1) is 22.8. The van der Waals surface area contributed by atoms with E-state index in [1.807, 2.05) is 18.2 Å². The zero-order chi connectivity index (χ0) is 18.2. The minimum Gasteiger partial charge on any atom is -0.493 e. The van der Waals surface area contributed by atoms with Crippen molar-refractivity contribution in [3.05, 3.63) is 18.2 Å². The molecule has 148 valence electrons. The molecule has 1 atom stereocenters. The third-order valence-electron chi connectivity index (χ3n) is 4.39. The molecule has 0 radical (unpaired) electrons. The summed E-state index contributed by atoms with van der Waals surface area (Å²) in [6.07, 6.45) is 0. The summed E-state index contributed by atoms with van der Waals surface area (Å²) in [7, 11) is 3.22. The summed E-state index contributed by atoms with van der Waals surface area (Å²) in [5.74, 6) is 2.21. The van der Waals surface area contributed by atoms with Crippen molar-refractivity contribution in [1.82, 2.24) is 4.90 Å². The predicted molar refractivity (Wildman–Crippen MR) is 116 cm³/mol. The van der Waals surface area contributed by atoms with Crippen molar-refractivity contribution in [2.45, 2.75) is 19.9 Å². The van der Waals surface area contributed by atoms with Gasteiger partial charge in [0, 0.05) is 30.9 Å². The molecule has 1 aromatic carbocycles. The second-order valence-electron chi connectivity index (χ2n) is 6.38. The molecule has 1 unspecified atom stereocenters. The van der Waals surface area contributed by atoms with Crippen LogP contribution in [0.3, 0.4) is 0 Å². The number of nitrogens with two attached hydrogens (primary N) is 1. The number of guanidine groups is 1. The molecule has 1 heterocycles. The summed E-state index contributed by atoms with van der Waals surface area (Å²) in [5, 5.41) is 3.11. The van der Waals surface area contributed by atoms with Crippen LogP contribution in [0.4, 0.5) is 5.69 Å². The molecule has 8 heteroatoms. The van der Waals surface area contributed by atoms with Crippen molar-refractivity contribution in [3.63, 3.8) is 0 Å². The average molecular weight is 478 g/mol. The topological polar surface area (TPSA) is 81.3 Å². The molecule has 1 aliphatic heterocycles. The Balaban J connectivity index is 0.00000338. The molecule has 0 saturated carbocycles. The van der Waals surface area contributed by atoms with Crippen molar-refractivity contribution in [2.24, 2.45) is 16.6 Å². The maximum Gasteiger partial charge on any atom is 0.193 e. The van der Waals surface area contributed by atoms with Gasteiger partial charge in [-0.25, -0.2) is 0 Å². The number of nitrogens with zero attached hydrogens (tertiary/aromatic N) is 2. The minimum atomic E-state index is 0. The van der Waals surface area contributed by atoms with Gasteiger partial charge in [-0.15, -0.1) is 24.0 Å². The number of rotatable bonds is 7. The molecular formula is C18H31IN4O3. The molecular weight excluding hydrogens is 447 g/mol. The Bertz CT molecular complexity index is 578. The van der Waals surface area contributed by atoms with Crippen LogP contribution in [0.15, 0.2) is 23.2 Å². The SMILES string of the molecule is COc1ccc(NC(N)=NCC(C(C)C)N2CCOCC2)cc1OC.I. The highest BCUT2D eigenvalue weighted by molar-refractivity contribution is 14.0. The number of hydrogen-bond acceptors (Lipinski definition) is 5. The molecule has 1 aliphatic rings. The van der Waals surface area contributed by atoms with Crippen LogP contribution in [0, 0.1) is 5.92 Å². The van der Waals surface area contributed by atoms with E-state index in [0.29, 0.717) is 36.0 Å². The molecule has 0 spiro atoms. The van der Waals surface area contributed by atoms with E-state index < -0.39 is 0 Å². The maximum atomic E-state index is 6.07. The molecule has 1 saturated heterocycles. The highest BCUT2D eigenvalue weighted by Crippen LogP contribution is 2.29. The summed E-state index contributed by atoms with van der Waals surface area (Å²) in [6, 6.07) is 5.91. The van der Waals surface area contributed by atoms with Crippen LogP contribution in [0.5, 0.6) is 11.5 Å². The fourth-order valence-corrected chi connectivity index (χ4v) is 2.95. The van der Waals surface area contributed by atoms with Crippen molar-refractivity contribution in [1.29, 1.82) is 0 Å². The number of ether oxygens (including phenoxy) is 3. The summed E-state index contributed by atoms with van der Waals surface area (Å²) < 4.78 is 16.0. The molecule has 0 aliphatic carbocycles. The zero-order valence-corrected chi connectivity index (χ0v) is 18.4. The number of nitrogens with one attached hydrogen (secondary N) is 1. The summed E-state index contributed by atoms with van der Waals surface area (Å²) >= 11 is 0. The van der Waals surface area contributed by atoms with Crippen molar-refractivity contribution < 1.29 is 14.2 Å². The summed E-state index contributed by atoms with van der Waals surface area (Å²) in [5.41, 5.74) is 6.88. The Kier molecular flexibility index (Phi) is 10.0. The Morgan fingerprint density at radius 2 is 1.88 bits per heavy atom. The lowest BCUT2D eigenvalue weighted by molar-refractivity contribution is 0.00870. The summed E-state index contributed by atoms with van der Waals surface area (Å²) in [6.45, 7) is 8.55. The third kappa shape index (κ3) is 6.48. The van der Waals surface area contributed by atoms with Crippen LogP contribution in [0.25, 0.3) is 0 Å². The molecule has 1 aromatic rings. The van der Waals surface area contributed by atoms with E-state index in [4.69, 9.17) is 19.9 Å². The van der Waals surface area contributed by atoms with Gasteiger partial charge in [-0.05, 0) is 18.1 Å². The van der Waals surface area contributed by atoms with E-state index in [0.717, 1.165) is 32.0 Å². The molecule has 0 amide bonds. The van der Waals surface area contributed by atoms with Gasteiger partial charge >= 0.3 is 0 Å². The minimum absolute atomic E-state index is 0. The van der Waals surface area contributed by atoms with E-state index in [2.05, 4.69) is 29.1 Å². The number of methoxy groups -OCH3 is 2. The molecule has 2 rings (SSSR count). The van der Waals surface area contributed by atoms with Gasteiger partial charge < -0.3 is 25.3 Å². The van der Waals surface area contributed by atoms with Crippen molar-refractivity contribution in [3.8, 4) is 11.5 Å². The largest absolute Gasteiger partial charge is 0.493 e. The smallest absolute Gasteiger partial charge is 0.193 e. The Morgan fingerprint density at radius 3 is 2.46 bits per heavy atom. The Labute approximate surface area is 173 Å². The fraction of sp³-hybridized carbons (Fsp3) is 0.611. The first-order chi connectivity index (χ1) is 12.0. The second-order valence-corrected chi connectivity index (χ2v) is 6.38. The average Bonchev–Trinajstić information content (AvgIpc) is 2.62. The normalized spacial score (nSPS) is 16.7. The lowest BCUT2D eigenvalue weighted by Crippen LogP contribution is -2.47. The zero-order valence-electron chi connectivity index (χ0n) is 16.0. The molecule has 3 N–H and O–H groups in total. The lowest BCUT2D eigenvalue weighted by atomic mass is 10.0. The number of halogens is 1. The number of benzene rings is 1. The van der Waals surface area contributed by atoms with Crippen molar-refractivity contribution >= 4 is 35.6 Å². The van der Waals surface area contributed by atoms with E-state index in [-0.39, 0.29) is 24.0 Å². The van der Waals surface area contributed by atoms with Crippen LogP contribution in [-0.2, 0) is 4.74 Å². The van der Waals surface area contributed by atoms with Gasteiger partial charge in [0.1, 0.15) is 0 Å². The molecule has 7 nitrogen and oxygen atoms in total. The van der Waals surface area contributed by atoms with Gasteiger partial charge in [0.2, 0.25) is 0 Å². The molecule has 0 bridgehead atoms. The Morgan fingerprint density at radius 1 is 1.23 bits per heavy atom. The van der Waals surface area contributed by atoms with Crippen molar-refractivity contribution in [2.75, 3.05) is 52.4 Å². The van der Waals surface area contributed by atoms with E-state index in [9.17, 15) is 0 Å². The fourth-order valence-electron chi connectivity index (χ4n) is 2.95. The van der Waals surface area contributed by atoms with Gasteiger partial charge in [0.05, 0.1) is 34.0 Å². The van der Waals surface area contributed by atoms with E-state index >= 15 is 0 Å². The number of morpholine rings is 1. The van der Waals surface area contributed by atoms with Crippen LogP contribution < -0.4 is 20.5 Å². The van der Waals surface area contributed by atoms with Gasteiger partial charge in [-0.3, -0.25) is 9.89 Å². The molecule has 0 aromatic heterocycles. The first-order valence-corrected chi connectivity index (χ1v) is 8.66. The van der Waals surface area contributed by atoms with Gasteiger partial charge in [0.15, 0.2) is 17.5 Å². The van der Waals surface area contributed by atoms with Gasteiger partial charge in [0.25, 0.3) is 0 Å². The van der Waals surface area contributed by atoms with Crippen LogP contribution in [0.1, 0.15) is 13.8 Å². The number of aliphatic imine (C=N–C) groups is 1. The standard InChI is InChI=1S/C18H30N4O3.HI/c1-13(2)15(22-7-9-25-10-8-22)12-20-18(19)21-14-5-6-16(23-3)17(11-14)24-4;/h5-6,11,13,15H,7-10,12H2,1-4H3,(H3,19,20,21);1H. The predicted octanol–water partition coefficient (Wildman–Crippen LogP) is 2.41. The van der Waals surface area contributed by atoms with Crippen LogP contribution in [-0.4, -0.2) is 64.0 Å². The van der Waals surface area contributed by atoms with Crippen LogP contribution >= 0.6 is 24.0 Å². The van der Waals surface area contributed by atoms with E-state index in [1.165, 1.54) is 0 Å². The lowest BCUT2D eigenvalue weighted by Gasteiger charge is -2.36. The second kappa shape index (κ2) is 11.5. The summed E-state index contributed by atoms with van der Waals surface area (Å²) in [4.78, 5) is 6.97. The highest BCUT2D eigenvalue weighted by Gasteiger charge is 2.23. The quantitative estimate of drug-likeness (QED) is 0.356. The molecule has 26 heavy (non-hydrogen) atoms. The van der Waals surface area contributed by atoms with Gasteiger partial charge in [-0.1, -0.05) is 13.8 Å². The Hall–Kier alpha value is -1.26. The first-order valence-electron chi connectivity index (χ1n) is 8.66. The van der Waals surface area contributed by atoms with Crippen LogP contribution in [0.2, 0.25) is 0 Å². The maximum absolute atomic E-state index is 6.07.